The molecule has 4 aromatic rings. The van der Waals surface area contributed by atoms with Gasteiger partial charge in [0.15, 0.2) is 5.82 Å². The van der Waals surface area contributed by atoms with Gasteiger partial charge in [-0.2, -0.15) is 0 Å². The van der Waals surface area contributed by atoms with Crippen molar-refractivity contribution in [3.63, 3.8) is 0 Å². The van der Waals surface area contributed by atoms with Gasteiger partial charge in [0.2, 0.25) is 17.7 Å². The first kappa shape index (κ1) is 39.3. The number of nitrogens with two attached hydrogens (primary N) is 1. The van der Waals surface area contributed by atoms with Gasteiger partial charge in [0.05, 0.1) is 31.4 Å². The van der Waals surface area contributed by atoms with E-state index in [2.05, 4.69) is 46.5 Å². The molecule has 4 N–H and O–H groups in total. The number of halogens is 1. The highest BCUT2D eigenvalue weighted by Gasteiger charge is 2.34. The zero-order chi connectivity index (χ0) is 39.2. The van der Waals surface area contributed by atoms with Gasteiger partial charge < -0.3 is 26.0 Å². The van der Waals surface area contributed by atoms with Crippen molar-refractivity contribution >= 4 is 58.0 Å². The number of fused-ring (bicyclic) bond motifs is 3. The molecule has 0 aliphatic carbocycles. The molecule has 0 saturated carbocycles. The summed E-state index contributed by atoms with van der Waals surface area (Å²) >= 11 is 7.90. The van der Waals surface area contributed by atoms with Gasteiger partial charge >= 0.3 is 5.97 Å². The van der Waals surface area contributed by atoms with Crippen LogP contribution in [0.25, 0.3) is 5.00 Å². The molecule has 0 spiro atoms. The number of esters is 1. The first-order chi connectivity index (χ1) is 26.5. The quantitative estimate of drug-likeness (QED) is 0.114. The van der Waals surface area contributed by atoms with Crippen molar-refractivity contribution in [3.05, 3.63) is 91.8 Å². The highest BCUT2D eigenvalue weighted by atomic mass is 35.5. The number of ether oxygens (including phenoxy) is 1. The first-order valence-corrected chi connectivity index (χ1v) is 19.3. The van der Waals surface area contributed by atoms with Crippen molar-refractivity contribution in [1.29, 1.82) is 0 Å². The number of benzene rings is 2. The number of likely N-dealkylation sites (tertiary alicyclic amines) is 1. The molecule has 0 unspecified atom stereocenters. The summed E-state index contributed by atoms with van der Waals surface area (Å²) in [7, 11) is 1.28. The van der Waals surface area contributed by atoms with E-state index in [9.17, 15) is 19.2 Å². The Morgan fingerprint density at radius 2 is 1.80 bits per heavy atom. The number of hydrogen-bond donors (Lipinski definition) is 3. The fourth-order valence-corrected chi connectivity index (χ4v) is 8.15. The number of piperidine rings is 1. The molecule has 1 fully saturated rings. The Bertz CT molecular complexity index is 2210. The van der Waals surface area contributed by atoms with Crippen LogP contribution < -0.4 is 16.4 Å². The van der Waals surface area contributed by atoms with Gasteiger partial charge in [-0.25, -0.2) is 4.79 Å². The van der Waals surface area contributed by atoms with Gasteiger partial charge in [0, 0.05) is 64.3 Å². The maximum atomic E-state index is 13.8. The standard InChI is InChI=1S/C40H43ClN8O5S/c1-23-24(2)55-39-35(23)36(26-9-11-29(41)12-10-26)45-32(37-47-46-25(3)49(37)39)22-34(51)48-19-15-27(16-20-48)38(52)43-18-6-8-33(50)44-30-13-14-31(40(53)54-4)28(21-30)7-5-17-42/h9-14,21,27,32H,6,8,15-20,22,42H2,1-4H3,(H,43,52)(H,44,50)/t32-/m0/s1. The molecular formula is C40H43ClN8O5S. The van der Waals surface area contributed by atoms with Crippen molar-refractivity contribution in [2.45, 2.75) is 58.9 Å². The summed E-state index contributed by atoms with van der Waals surface area (Å²) in [4.78, 5) is 59.8. The Hall–Kier alpha value is -5.36. The molecule has 286 valence electrons. The summed E-state index contributed by atoms with van der Waals surface area (Å²) in [5, 5.41) is 16.3. The molecule has 2 aromatic heterocycles. The van der Waals surface area contributed by atoms with Crippen LogP contribution in [-0.4, -0.2) is 82.4 Å². The highest BCUT2D eigenvalue weighted by Crippen LogP contribution is 2.40. The number of hydrogen-bond acceptors (Lipinski definition) is 10. The molecule has 2 aliphatic rings. The average molecular weight is 783 g/mol. The molecule has 1 atom stereocenters. The third kappa shape index (κ3) is 8.80. The summed E-state index contributed by atoms with van der Waals surface area (Å²) in [5.74, 6) is 5.74. The Morgan fingerprint density at radius 3 is 2.51 bits per heavy atom. The van der Waals surface area contributed by atoms with Gasteiger partial charge in [0.1, 0.15) is 16.9 Å². The molecule has 13 nitrogen and oxygen atoms in total. The van der Waals surface area contributed by atoms with E-state index in [0.717, 1.165) is 33.2 Å². The second kappa shape index (κ2) is 17.4. The molecule has 3 amide bonds. The monoisotopic (exact) mass is 782 g/mol. The molecule has 55 heavy (non-hydrogen) atoms. The number of amides is 3. The fraction of sp³-hybridized carbons (Fsp3) is 0.375. The van der Waals surface area contributed by atoms with E-state index in [-0.39, 0.29) is 48.6 Å². The van der Waals surface area contributed by atoms with Crippen LogP contribution in [0, 0.1) is 38.5 Å². The number of aryl methyl sites for hydroxylation is 2. The van der Waals surface area contributed by atoms with Crippen molar-refractivity contribution in [1.82, 2.24) is 25.0 Å². The number of methoxy groups -OCH3 is 1. The molecule has 1 saturated heterocycles. The van der Waals surface area contributed by atoms with Crippen LogP contribution in [0.1, 0.15) is 87.3 Å². The lowest BCUT2D eigenvalue weighted by Crippen LogP contribution is -2.43. The highest BCUT2D eigenvalue weighted by molar-refractivity contribution is 7.15. The number of anilines is 1. The normalized spacial score (nSPS) is 15.1. The largest absolute Gasteiger partial charge is 0.465 e. The molecule has 0 radical (unpaired) electrons. The van der Waals surface area contributed by atoms with Crippen LogP contribution in [0.3, 0.4) is 0 Å². The lowest BCUT2D eigenvalue weighted by atomic mass is 9.95. The summed E-state index contributed by atoms with van der Waals surface area (Å²) < 4.78 is 6.84. The Labute approximate surface area is 328 Å². The Morgan fingerprint density at radius 1 is 1.05 bits per heavy atom. The second-order valence-corrected chi connectivity index (χ2v) is 15.1. The summed E-state index contributed by atoms with van der Waals surface area (Å²) in [5.41, 5.74) is 10.5. The van der Waals surface area contributed by atoms with Crippen molar-refractivity contribution < 1.29 is 23.9 Å². The SMILES string of the molecule is COC(=O)c1ccc(NC(=O)CCCNC(=O)C2CCN(C(=O)C[C@@H]3N=C(c4ccc(Cl)cc4)c4c(sc(C)c4C)-n4c(C)nnc43)CC2)cc1C#CCN. The van der Waals surface area contributed by atoms with Crippen LogP contribution >= 0.6 is 22.9 Å². The van der Waals surface area contributed by atoms with Gasteiger partial charge in [-0.05, 0) is 75.9 Å². The number of carbonyl (C=O) groups is 4. The van der Waals surface area contributed by atoms with Crippen LogP contribution in [0.4, 0.5) is 5.69 Å². The fourth-order valence-electron chi connectivity index (χ4n) is 6.81. The first-order valence-electron chi connectivity index (χ1n) is 18.1. The molecule has 4 heterocycles. The minimum atomic E-state index is -0.567. The summed E-state index contributed by atoms with van der Waals surface area (Å²) in [6.45, 7) is 7.43. The number of aromatic nitrogens is 3. The second-order valence-electron chi connectivity index (χ2n) is 13.5. The maximum Gasteiger partial charge on any atom is 0.339 e. The van der Waals surface area contributed by atoms with Gasteiger partial charge in [0.25, 0.3) is 0 Å². The number of nitrogens with zero attached hydrogens (tertiary/aromatic N) is 5. The van der Waals surface area contributed by atoms with Crippen molar-refractivity contribution in [2.75, 3.05) is 38.6 Å². The third-order valence-corrected chi connectivity index (χ3v) is 11.3. The van der Waals surface area contributed by atoms with Crippen molar-refractivity contribution in [3.8, 4) is 16.8 Å². The third-order valence-electron chi connectivity index (χ3n) is 9.86. The average Bonchev–Trinajstić information content (AvgIpc) is 3.66. The van der Waals surface area contributed by atoms with Gasteiger partial charge in [-0.15, -0.1) is 21.5 Å². The van der Waals surface area contributed by atoms with E-state index in [1.165, 1.54) is 12.0 Å². The molecule has 2 aromatic carbocycles. The molecule has 15 heteroatoms. The number of thiophene rings is 1. The van der Waals surface area contributed by atoms with E-state index in [1.807, 2.05) is 35.8 Å². The molecule has 6 rings (SSSR count). The predicted molar refractivity (Wildman–Crippen MR) is 212 cm³/mol. The Kier molecular flexibility index (Phi) is 12.4. The van der Waals surface area contributed by atoms with Gasteiger partial charge in [-0.3, -0.25) is 23.9 Å². The van der Waals surface area contributed by atoms with E-state index in [1.54, 1.807) is 34.4 Å². The van der Waals surface area contributed by atoms with Gasteiger partial charge in [-0.1, -0.05) is 35.6 Å². The Balaban J connectivity index is 1.02. The topological polar surface area (TPSA) is 174 Å². The number of nitrogens with one attached hydrogen (secondary N) is 2. The van der Waals surface area contributed by atoms with E-state index >= 15 is 0 Å². The van der Waals surface area contributed by atoms with Crippen LogP contribution in [0.5, 0.6) is 0 Å². The van der Waals surface area contributed by atoms with Crippen LogP contribution in [0.15, 0.2) is 47.5 Å². The van der Waals surface area contributed by atoms with Crippen molar-refractivity contribution in [2.24, 2.45) is 16.6 Å². The maximum absolute atomic E-state index is 13.8. The molecule has 0 bridgehead atoms. The zero-order valence-corrected chi connectivity index (χ0v) is 32.8. The van der Waals surface area contributed by atoms with E-state index in [0.29, 0.717) is 61.0 Å². The number of rotatable bonds is 10. The lowest BCUT2D eigenvalue weighted by Gasteiger charge is -2.32. The molecular weight excluding hydrogens is 740 g/mol. The predicted octanol–water partition coefficient (Wildman–Crippen LogP) is 5.06. The van der Waals surface area contributed by atoms with Crippen LogP contribution in [-0.2, 0) is 19.1 Å². The minimum absolute atomic E-state index is 0.0575. The smallest absolute Gasteiger partial charge is 0.339 e. The van der Waals surface area contributed by atoms with E-state index in [4.69, 9.17) is 27.1 Å². The minimum Gasteiger partial charge on any atom is -0.465 e. The number of carbonyl (C=O) groups excluding carboxylic acids is 4. The number of aliphatic imine (C=N–C) groups is 1. The zero-order valence-electron chi connectivity index (χ0n) is 31.2. The lowest BCUT2D eigenvalue weighted by molar-refractivity contribution is -0.136. The summed E-state index contributed by atoms with van der Waals surface area (Å²) in [6, 6.07) is 11.8. The van der Waals surface area contributed by atoms with E-state index < -0.39 is 12.0 Å². The van der Waals surface area contributed by atoms with Crippen LogP contribution in [0.2, 0.25) is 5.02 Å². The summed E-state index contributed by atoms with van der Waals surface area (Å²) in [6.07, 6.45) is 1.79. The molecule has 2 aliphatic heterocycles.